The molecule has 2 fully saturated rings. The maximum Gasteiger partial charge on any atom is 0.303 e. The maximum absolute atomic E-state index is 10.7. The van der Waals surface area contributed by atoms with Crippen LogP contribution >= 0.6 is 0 Å². The quantitative estimate of drug-likeness (QED) is 0.849. The summed E-state index contributed by atoms with van der Waals surface area (Å²) < 4.78 is 0. The number of carbonyl (C=O) groups is 1. The van der Waals surface area contributed by atoms with Gasteiger partial charge in [0, 0.05) is 19.0 Å². The lowest BCUT2D eigenvalue weighted by atomic mass is 9.78. The van der Waals surface area contributed by atoms with E-state index in [9.17, 15) is 4.79 Å². The van der Waals surface area contributed by atoms with Gasteiger partial charge in [0.15, 0.2) is 0 Å². The summed E-state index contributed by atoms with van der Waals surface area (Å²) in [6, 6.07) is 0.763. The number of hydrogen-bond acceptors (Lipinski definition) is 2. The first-order valence-corrected chi connectivity index (χ1v) is 8.02. The Bertz CT molecular complexity index is 305. The van der Waals surface area contributed by atoms with Crippen LogP contribution in [0.4, 0.5) is 0 Å². The van der Waals surface area contributed by atoms with E-state index in [2.05, 4.69) is 18.7 Å². The number of likely N-dealkylation sites (tertiary alicyclic amines) is 1. The molecule has 0 radical (unpaired) electrons. The number of aliphatic carboxylic acids is 1. The molecule has 1 saturated carbocycles. The number of piperidine rings is 1. The summed E-state index contributed by atoms with van der Waals surface area (Å²) in [7, 11) is 0. The van der Waals surface area contributed by atoms with Crippen LogP contribution in [0.1, 0.15) is 58.8 Å². The minimum absolute atomic E-state index is 0.344. The van der Waals surface area contributed by atoms with Crippen molar-refractivity contribution in [2.24, 2.45) is 17.8 Å². The third-order valence-corrected chi connectivity index (χ3v) is 5.40. The van der Waals surface area contributed by atoms with Gasteiger partial charge in [0.05, 0.1) is 0 Å². The van der Waals surface area contributed by atoms with Gasteiger partial charge < -0.3 is 10.0 Å². The summed E-state index contributed by atoms with van der Waals surface area (Å²) in [4.78, 5) is 13.4. The maximum atomic E-state index is 10.7. The van der Waals surface area contributed by atoms with Crippen LogP contribution in [-0.2, 0) is 4.79 Å². The highest BCUT2D eigenvalue weighted by atomic mass is 16.4. The number of carboxylic acid groups (broad SMARTS) is 1. The van der Waals surface area contributed by atoms with Gasteiger partial charge >= 0.3 is 5.97 Å². The fourth-order valence-electron chi connectivity index (χ4n) is 3.84. The Morgan fingerprint density at radius 2 is 2.00 bits per heavy atom. The third-order valence-electron chi connectivity index (χ3n) is 5.40. The molecule has 2 rings (SSSR count). The van der Waals surface area contributed by atoms with E-state index in [4.69, 9.17) is 5.11 Å². The smallest absolute Gasteiger partial charge is 0.303 e. The first kappa shape index (κ1) is 14.8. The minimum atomic E-state index is -0.641. The Hall–Kier alpha value is -0.570. The van der Waals surface area contributed by atoms with Crippen LogP contribution in [-0.4, -0.2) is 35.1 Å². The Morgan fingerprint density at radius 3 is 2.68 bits per heavy atom. The number of rotatable bonds is 4. The average Bonchev–Trinajstić information content (AvgIpc) is 2.40. The fraction of sp³-hybridized carbons (Fsp3) is 0.938. The van der Waals surface area contributed by atoms with E-state index in [0.717, 1.165) is 30.8 Å². The van der Waals surface area contributed by atoms with Crippen molar-refractivity contribution in [3.8, 4) is 0 Å². The molecule has 3 heteroatoms. The van der Waals surface area contributed by atoms with Crippen molar-refractivity contribution in [1.29, 1.82) is 0 Å². The lowest BCUT2D eigenvalue weighted by molar-refractivity contribution is -0.137. The second-order valence-corrected chi connectivity index (χ2v) is 6.86. The summed E-state index contributed by atoms with van der Waals surface area (Å²) in [6.07, 6.45) is 7.74. The molecular weight excluding hydrogens is 238 g/mol. The summed E-state index contributed by atoms with van der Waals surface area (Å²) in [6.45, 7) is 7.14. The van der Waals surface area contributed by atoms with Gasteiger partial charge in [0.25, 0.3) is 0 Å². The second-order valence-electron chi connectivity index (χ2n) is 6.86. The highest BCUT2D eigenvalue weighted by molar-refractivity contribution is 5.66. The summed E-state index contributed by atoms with van der Waals surface area (Å²) in [5.41, 5.74) is 0. The van der Waals surface area contributed by atoms with Crippen LogP contribution in [0.3, 0.4) is 0 Å². The first-order chi connectivity index (χ1) is 9.06. The van der Waals surface area contributed by atoms with E-state index in [1.54, 1.807) is 0 Å². The SMILES string of the molecule is CC1CCC(N2CCCC(CCC(=O)O)C2)CC1C. The van der Waals surface area contributed by atoms with Crippen LogP contribution < -0.4 is 0 Å². The lowest BCUT2D eigenvalue weighted by Gasteiger charge is -2.43. The first-order valence-electron chi connectivity index (χ1n) is 8.02. The van der Waals surface area contributed by atoms with E-state index < -0.39 is 5.97 Å². The third kappa shape index (κ3) is 4.20. The van der Waals surface area contributed by atoms with Crippen molar-refractivity contribution in [3.05, 3.63) is 0 Å². The van der Waals surface area contributed by atoms with Crippen molar-refractivity contribution in [1.82, 2.24) is 4.90 Å². The Morgan fingerprint density at radius 1 is 1.21 bits per heavy atom. The van der Waals surface area contributed by atoms with E-state index in [-0.39, 0.29) is 0 Å². The van der Waals surface area contributed by atoms with Crippen LogP contribution in [0.25, 0.3) is 0 Å². The molecule has 0 aromatic heterocycles. The molecular formula is C16H29NO2. The molecule has 1 N–H and O–H groups in total. The van der Waals surface area contributed by atoms with Gasteiger partial charge in [-0.05, 0) is 62.8 Å². The molecule has 2 aliphatic rings. The molecule has 0 amide bonds. The van der Waals surface area contributed by atoms with Gasteiger partial charge in [-0.25, -0.2) is 0 Å². The molecule has 0 spiro atoms. The predicted octanol–water partition coefficient (Wildman–Crippen LogP) is 3.39. The van der Waals surface area contributed by atoms with Gasteiger partial charge in [-0.15, -0.1) is 0 Å². The summed E-state index contributed by atoms with van der Waals surface area (Å²) >= 11 is 0. The molecule has 3 nitrogen and oxygen atoms in total. The normalized spacial score (nSPS) is 37.2. The Labute approximate surface area is 117 Å². The Balaban J connectivity index is 1.81. The molecule has 4 atom stereocenters. The summed E-state index contributed by atoms with van der Waals surface area (Å²) in [5.74, 6) is 1.69. The molecule has 1 heterocycles. The predicted molar refractivity (Wildman–Crippen MR) is 77.1 cm³/mol. The van der Waals surface area contributed by atoms with Gasteiger partial charge in [-0.1, -0.05) is 13.8 Å². The van der Waals surface area contributed by atoms with Crippen LogP contribution in [0.2, 0.25) is 0 Å². The van der Waals surface area contributed by atoms with Crippen molar-refractivity contribution in [2.75, 3.05) is 13.1 Å². The second kappa shape index (κ2) is 6.74. The molecule has 110 valence electrons. The van der Waals surface area contributed by atoms with Gasteiger partial charge in [-0.2, -0.15) is 0 Å². The van der Waals surface area contributed by atoms with Crippen LogP contribution in [0.5, 0.6) is 0 Å². The van der Waals surface area contributed by atoms with Crippen LogP contribution in [0.15, 0.2) is 0 Å². The van der Waals surface area contributed by atoms with Crippen LogP contribution in [0, 0.1) is 17.8 Å². The average molecular weight is 267 g/mol. The molecule has 1 saturated heterocycles. The lowest BCUT2D eigenvalue weighted by Crippen LogP contribution is -2.45. The fourth-order valence-corrected chi connectivity index (χ4v) is 3.84. The molecule has 19 heavy (non-hydrogen) atoms. The van der Waals surface area contributed by atoms with Crippen molar-refractivity contribution < 1.29 is 9.90 Å². The molecule has 1 aliphatic carbocycles. The van der Waals surface area contributed by atoms with E-state index in [1.165, 1.54) is 38.6 Å². The topological polar surface area (TPSA) is 40.5 Å². The highest BCUT2D eigenvalue weighted by Crippen LogP contribution is 2.34. The molecule has 0 bridgehead atoms. The van der Waals surface area contributed by atoms with E-state index in [1.807, 2.05) is 0 Å². The number of hydrogen-bond donors (Lipinski definition) is 1. The van der Waals surface area contributed by atoms with E-state index in [0.29, 0.717) is 12.3 Å². The molecule has 4 unspecified atom stereocenters. The van der Waals surface area contributed by atoms with Crippen molar-refractivity contribution in [3.63, 3.8) is 0 Å². The number of carboxylic acids is 1. The standard InChI is InChI=1S/C16H29NO2/c1-12-5-7-15(10-13(12)2)17-9-3-4-14(11-17)6-8-16(18)19/h12-15H,3-11H2,1-2H3,(H,18,19). The minimum Gasteiger partial charge on any atom is -0.481 e. The van der Waals surface area contributed by atoms with Crippen molar-refractivity contribution >= 4 is 5.97 Å². The zero-order valence-corrected chi connectivity index (χ0v) is 12.5. The van der Waals surface area contributed by atoms with Gasteiger partial charge in [0.1, 0.15) is 0 Å². The Kier molecular flexibility index (Phi) is 5.26. The van der Waals surface area contributed by atoms with Gasteiger partial charge in [-0.3, -0.25) is 4.79 Å². The van der Waals surface area contributed by atoms with Crippen molar-refractivity contribution in [2.45, 2.75) is 64.8 Å². The monoisotopic (exact) mass is 267 g/mol. The summed E-state index contributed by atoms with van der Waals surface area (Å²) in [5, 5.41) is 8.81. The molecule has 0 aromatic carbocycles. The number of nitrogens with zero attached hydrogens (tertiary/aromatic N) is 1. The largest absolute Gasteiger partial charge is 0.481 e. The zero-order valence-electron chi connectivity index (χ0n) is 12.5. The molecule has 0 aromatic rings. The highest BCUT2D eigenvalue weighted by Gasteiger charge is 2.31. The van der Waals surface area contributed by atoms with E-state index >= 15 is 0 Å². The zero-order chi connectivity index (χ0) is 13.8. The van der Waals surface area contributed by atoms with Gasteiger partial charge in [0.2, 0.25) is 0 Å². The molecule has 1 aliphatic heterocycles.